The number of nitrogens with zero attached hydrogens (tertiary/aromatic N) is 1. The third kappa shape index (κ3) is 2.59. The number of amides is 1. The lowest BCUT2D eigenvalue weighted by atomic mass is 10.1. The zero-order valence-corrected chi connectivity index (χ0v) is 11.2. The Hall–Kier alpha value is -2.50. The molecule has 0 saturated carbocycles. The highest BCUT2D eigenvalue weighted by Gasteiger charge is 2.28. The van der Waals surface area contributed by atoms with Crippen LogP contribution in [0.25, 0.3) is 10.9 Å². The number of nitrogens with one attached hydrogen (secondary N) is 1. The summed E-state index contributed by atoms with van der Waals surface area (Å²) < 4.78 is 0. The fraction of sp³-hybridized carbons (Fsp3) is 0.286. The Labute approximate surface area is 116 Å². The Kier molecular flexibility index (Phi) is 3.93. The van der Waals surface area contributed by atoms with Crippen molar-refractivity contribution in [2.45, 2.75) is 19.4 Å². The van der Waals surface area contributed by atoms with Crippen molar-refractivity contribution in [3.05, 3.63) is 30.5 Å². The molecule has 0 aliphatic rings. The number of H-pyrrole nitrogens is 1. The predicted octanol–water partition coefficient (Wildman–Crippen LogP) is 1.32. The van der Waals surface area contributed by atoms with Crippen LogP contribution < -0.4 is 10.6 Å². The Bertz CT molecular complexity index is 635. The predicted molar refractivity (Wildman–Crippen MR) is 76.6 cm³/mol. The van der Waals surface area contributed by atoms with E-state index in [2.05, 4.69) is 4.98 Å². The van der Waals surface area contributed by atoms with Gasteiger partial charge >= 0.3 is 5.97 Å². The number of hydrogen-bond donors (Lipinski definition) is 3. The molecule has 2 rings (SSSR count). The summed E-state index contributed by atoms with van der Waals surface area (Å²) in [4.78, 5) is 27.3. The van der Waals surface area contributed by atoms with Crippen molar-refractivity contribution < 1.29 is 14.7 Å². The summed E-state index contributed by atoms with van der Waals surface area (Å²) in [7, 11) is 0. The van der Waals surface area contributed by atoms with E-state index in [1.165, 1.54) is 0 Å². The summed E-state index contributed by atoms with van der Waals surface area (Å²) in [5.74, 6) is -1.69. The number of para-hydroxylation sites is 1. The normalized spacial score (nSPS) is 12.2. The first-order valence-electron chi connectivity index (χ1n) is 6.38. The first kappa shape index (κ1) is 13.9. The van der Waals surface area contributed by atoms with Crippen molar-refractivity contribution in [1.29, 1.82) is 0 Å². The van der Waals surface area contributed by atoms with Gasteiger partial charge in [-0.3, -0.25) is 4.79 Å². The van der Waals surface area contributed by atoms with E-state index >= 15 is 0 Å². The summed E-state index contributed by atoms with van der Waals surface area (Å²) in [5.41, 5.74) is 6.83. The zero-order chi connectivity index (χ0) is 14.7. The minimum Gasteiger partial charge on any atom is -0.480 e. The topological polar surface area (TPSA) is 99.4 Å². The molecule has 2 aromatic rings. The fourth-order valence-electron chi connectivity index (χ4n) is 2.37. The van der Waals surface area contributed by atoms with Crippen LogP contribution >= 0.6 is 0 Å². The maximum Gasteiger partial charge on any atom is 0.326 e. The van der Waals surface area contributed by atoms with Crippen molar-refractivity contribution in [3.63, 3.8) is 0 Å². The van der Waals surface area contributed by atoms with E-state index in [0.717, 1.165) is 16.6 Å². The van der Waals surface area contributed by atoms with Crippen LogP contribution in [-0.2, 0) is 9.59 Å². The molecule has 1 aromatic carbocycles. The van der Waals surface area contributed by atoms with Crippen LogP contribution in [0, 0.1) is 0 Å². The third-order valence-electron chi connectivity index (χ3n) is 3.27. The maximum absolute atomic E-state index is 11.4. The number of hydrogen-bond acceptors (Lipinski definition) is 3. The van der Waals surface area contributed by atoms with Gasteiger partial charge in [-0.1, -0.05) is 18.2 Å². The number of primary amides is 1. The van der Waals surface area contributed by atoms with Crippen LogP contribution in [0.4, 0.5) is 5.69 Å². The van der Waals surface area contributed by atoms with E-state index in [1.54, 1.807) is 11.1 Å². The molecule has 1 atom stereocenters. The number of fused-ring (bicyclic) bond motifs is 1. The molecule has 4 N–H and O–H groups in total. The minimum atomic E-state index is -1.06. The Balaban J connectivity index is 2.44. The average Bonchev–Trinajstić information content (AvgIpc) is 2.82. The lowest BCUT2D eigenvalue weighted by Gasteiger charge is -2.28. The molecule has 0 saturated heterocycles. The molecule has 6 nitrogen and oxygen atoms in total. The van der Waals surface area contributed by atoms with Gasteiger partial charge in [-0.05, 0) is 13.0 Å². The molecule has 0 aliphatic heterocycles. The number of carboxylic acid groups (broad SMARTS) is 1. The largest absolute Gasteiger partial charge is 0.480 e. The molecular formula is C14H17N3O3. The maximum atomic E-state index is 11.4. The number of carbonyl (C=O) groups is 2. The number of anilines is 1. The van der Waals surface area contributed by atoms with Crippen LogP contribution in [0.2, 0.25) is 0 Å². The summed E-state index contributed by atoms with van der Waals surface area (Å²) in [5, 5.41) is 10.3. The Morgan fingerprint density at radius 3 is 2.70 bits per heavy atom. The van der Waals surface area contributed by atoms with Gasteiger partial charge in [-0.2, -0.15) is 0 Å². The van der Waals surface area contributed by atoms with Crippen molar-refractivity contribution in [3.8, 4) is 0 Å². The van der Waals surface area contributed by atoms with Crippen molar-refractivity contribution >= 4 is 28.5 Å². The third-order valence-corrected chi connectivity index (χ3v) is 3.27. The van der Waals surface area contributed by atoms with Gasteiger partial charge in [-0.25, -0.2) is 4.79 Å². The van der Waals surface area contributed by atoms with Gasteiger partial charge < -0.3 is 20.7 Å². The van der Waals surface area contributed by atoms with E-state index in [1.807, 2.05) is 31.2 Å². The first-order valence-corrected chi connectivity index (χ1v) is 6.38. The number of carboxylic acids is 1. The van der Waals surface area contributed by atoms with Crippen LogP contribution in [-0.4, -0.2) is 34.6 Å². The number of likely N-dealkylation sites (N-methyl/N-ethyl adjacent to an activating group) is 1. The van der Waals surface area contributed by atoms with Crippen LogP contribution in [0.15, 0.2) is 30.5 Å². The highest BCUT2D eigenvalue weighted by Crippen LogP contribution is 2.28. The van der Waals surface area contributed by atoms with E-state index in [9.17, 15) is 14.7 Å². The number of aromatic amines is 1. The van der Waals surface area contributed by atoms with Crippen molar-refractivity contribution in [2.75, 3.05) is 11.4 Å². The van der Waals surface area contributed by atoms with Crippen LogP contribution in [0.3, 0.4) is 0 Å². The quantitative estimate of drug-likeness (QED) is 0.740. The second kappa shape index (κ2) is 5.64. The van der Waals surface area contributed by atoms with E-state index < -0.39 is 17.9 Å². The van der Waals surface area contributed by atoms with Gasteiger partial charge in [0, 0.05) is 23.6 Å². The number of benzene rings is 1. The summed E-state index contributed by atoms with van der Waals surface area (Å²) in [6.45, 7) is 2.31. The molecule has 0 spiro atoms. The average molecular weight is 275 g/mol. The van der Waals surface area contributed by atoms with Gasteiger partial charge in [-0.15, -0.1) is 0 Å². The molecule has 1 amide bonds. The summed E-state index contributed by atoms with van der Waals surface area (Å²) in [6.07, 6.45) is 1.54. The standard InChI is InChI=1S/C14H17N3O3/c1-2-17(11(14(19)20)7-13(15)18)12-8-16-10-6-4-3-5-9(10)12/h3-6,8,11,16H,2,7H2,1H3,(H2,15,18)(H,19,20). The number of aromatic nitrogens is 1. The van der Waals surface area contributed by atoms with Gasteiger partial charge in [0.2, 0.25) is 5.91 Å². The molecule has 6 heteroatoms. The van der Waals surface area contributed by atoms with Crippen LogP contribution in [0.1, 0.15) is 13.3 Å². The second-order valence-electron chi connectivity index (χ2n) is 4.53. The molecule has 20 heavy (non-hydrogen) atoms. The lowest BCUT2D eigenvalue weighted by molar-refractivity contribution is -0.140. The molecule has 0 bridgehead atoms. The van der Waals surface area contributed by atoms with E-state index in [-0.39, 0.29) is 6.42 Å². The molecule has 0 aliphatic carbocycles. The number of aliphatic carboxylic acids is 1. The monoisotopic (exact) mass is 275 g/mol. The van der Waals surface area contributed by atoms with E-state index in [0.29, 0.717) is 6.54 Å². The van der Waals surface area contributed by atoms with Crippen molar-refractivity contribution in [2.24, 2.45) is 5.73 Å². The Morgan fingerprint density at radius 1 is 1.40 bits per heavy atom. The molecule has 106 valence electrons. The highest BCUT2D eigenvalue weighted by atomic mass is 16.4. The Morgan fingerprint density at radius 2 is 2.10 bits per heavy atom. The SMILES string of the molecule is CCN(c1c[nH]c2ccccc12)C(CC(N)=O)C(=O)O. The molecule has 1 aromatic heterocycles. The first-order chi connectivity index (χ1) is 9.54. The van der Waals surface area contributed by atoms with Crippen LogP contribution in [0.5, 0.6) is 0 Å². The molecule has 0 radical (unpaired) electrons. The van der Waals surface area contributed by atoms with E-state index in [4.69, 9.17) is 5.73 Å². The number of rotatable bonds is 6. The smallest absolute Gasteiger partial charge is 0.326 e. The second-order valence-corrected chi connectivity index (χ2v) is 4.53. The molecule has 1 heterocycles. The summed E-state index contributed by atoms with van der Waals surface area (Å²) >= 11 is 0. The lowest BCUT2D eigenvalue weighted by Crippen LogP contribution is -2.43. The van der Waals surface area contributed by atoms with Gasteiger partial charge in [0.1, 0.15) is 6.04 Å². The summed E-state index contributed by atoms with van der Waals surface area (Å²) in [6, 6.07) is 6.65. The molecular weight excluding hydrogens is 258 g/mol. The van der Waals surface area contributed by atoms with Gasteiger partial charge in [0.05, 0.1) is 12.1 Å². The molecule has 1 unspecified atom stereocenters. The van der Waals surface area contributed by atoms with Gasteiger partial charge in [0.25, 0.3) is 0 Å². The minimum absolute atomic E-state index is 0.220. The number of nitrogens with two attached hydrogens (primary N) is 1. The van der Waals surface area contributed by atoms with Crippen molar-refractivity contribution in [1.82, 2.24) is 4.98 Å². The number of carbonyl (C=O) groups excluding carboxylic acids is 1. The van der Waals surface area contributed by atoms with Gasteiger partial charge in [0.15, 0.2) is 0 Å². The fourth-order valence-corrected chi connectivity index (χ4v) is 2.37. The highest BCUT2D eigenvalue weighted by molar-refractivity contribution is 5.95. The molecule has 0 fully saturated rings. The zero-order valence-electron chi connectivity index (χ0n) is 11.2.